The van der Waals surface area contributed by atoms with Crippen LogP contribution in [-0.4, -0.2) is 31.4 Å². The molecule has 194 valence electrons. The zero-order chi connectivity index (χ0) is 26.9. The number of halogens is 5. The van der Waals surface area contributed by atoms with Gasteiger partial charge in [0.1, 0.15) is 18.1 Å². The Labute approximate surface area is 204 Å². The summed E-state index contributed by atoms with van der Waals surface area (Å²) in [7, 11) is 3.22. The molecule has 3 aromatic heterocycles. The first-order valence-electron chi connectivity index (χ1n) is 10.4. The highest BCUT2D eigenvalue weighted by molar-refractivity contribution is 6.07. The molecular weight excluding hydrogens is 507 g/mol. The van der Waals surface area contributed by atoms with E-state index in [2.05, 4.69) is 20.8 Å². The standard InChI is InChI=1S/C22H17F5N6O4/c1-32-8-10(6-29-32)5-28-22(35)19-12(7-30-33(19)2)31-21(34)13-4-3-11(37-13)9-36-20-17(26)15(24)14(23)16(25)18(20)27/h3-4,6-8H,5,9H2,1-2H3,(H,28,35)(H,31,34). The van der Waals surface area contributed by atoms with Gasteiger partial charge in [-0.15, -0.1) is 0 Å². The topological polar surface area (TPSA) is 116 Å². The number of anilines is 1. The van der Waals surface area contributed by atoms with Crippen molar-refractivity contribution in [2.45, 2.75) is 13.2 Å². The van der Waals surface area contributed by atoms with Crippen molar-refractivity contribution in [2.75, 3.05) is 5.32 Å². The lowest BCUT2D eigenvalue weighted by molar-refractivity contribution is 0.0942. The number of hydrogen-bond donors (Lipinski definition) is 2. The first kappa shape index (κ1) is 25.4. The maximum Gasteiger partial charge on any atom is 0.291 e. The van der Waals surface area contributed by atoms with Crippen molar-refractivity contribution in [3.63, 3.8) is 0 Å². The number of benzene rings is 1. The van der Waals surface area contributed by atoms with Crippen molar-refractivity contribution in [2.24, 2.45) is 14.1 Å². The molecule has 0 spiro atoms. The van der Waals surface area contributed by atoms with Crippen molar-refractivity contribution in [1.82, 2.24) is 24.9 Å². The van der Waals surface area contributed by atoms with Crippen molar-refractivity contribution in [3.8, 4) is 5.75 Å². The van der Waals surface area contributed by atoms with Gasteiger partial charge in [-0.3, -0.25) is 19.0 Å². The number of furan rings is 1. The van der Waals surface area contributed by atoms with E-state index >= 15 is 0 Å². The Bertz CT molecular complexity index is 1470. The summed E-state index contributed by atoms with van der Waals surface area (Å²) in [5.74, 6) is -14.2. The van der Waals surface area contributed by atoms with E-state index in [-0.39, 0.29) is 29.4 Å². The van der Waals surface area contributed by atoms with Crippen LogP contribution in [0.25, 0.3) is 0 Å². The Balaban J connectivity index is 1.42. The molecule has 0 saturated heterocycles. The zero-order valence-corrected chi connectivity index (χ0v) is 19.1. The van der Waals surface area contributed by atoms with E-state index in [1.54, 1.807) is 24.1 Å². The van der Waals surface area contributed by atoms with Gasteiger partial charge in [-0.2, -0.15) is 19.0 Å². The molecule has 0 atom stereocenters. The lowest BCUT2D eigenvalue weighted by Gasteiger charge is -2.09. The molecule has 0 saturated carbocycles. The van der Waals surface area contributed by atoms with Crippen LogP contribution in [0, 0.1) is 29.1 Å². The third-order valence-corrected chi connectivity index (χ3v) is 5.03. The number of nitrogens with zero attached hydrogens (tertiary/aromatic N) is 4. The summed E-state index contributed by atoms with van der Waals surface area (Å²) >= 11 is 0. The molecule has 2 N–H and O–H groups in total. The van der Waals surface area contributed by atoms with Gasteiger partial charge in [-0.05, 0) is 12.1 Å². The van der Waals surface area contributed by atoms with E-state index in [0.29, 0.717) is 0 Å². The van der Waals surface area contributed by atoms with E-state index in [9.17, 15) is 31.5 Å². The summed E-state index contributed by atoms with van der Waals surface area (Å²) in [4.78, 5) is 25.3. The van der Waals surface area contributed by atoms with E-state index in [1.165, 1.54) is 30.1 Å². The lowest BCUT2D eigenvalue weighted by atomic mass is 10.2. The summed E-state index contributed by atoms with van der Waals surface area (Å²) in [6, 6.07) is 2.39. The van der Waals surface area contributed by atoms with Crippen LogP contribution >= 0.6 is 0 Å². The molecule has 2 amide bonds. The minimum atomic E-state index is -2.32. The number of aryl methyl sites for hydroxylation is 2. The Morgan fingerprint density at radius 2 is 1.62 bits per heavy atom. The first-order valence-corrected chi connectivity index (χ1v) is 10.4. The van der Waals surface area contributed by atoms with Gasteiger partial charge in [0, 0.05) is 32.4 Å². The summed E-state index contributed by atoms with van der Waals surface area (Å²) in [5, 5.41) is 13.1. The molecule has 0 aliphatic heterocycles. The normalized spacial score (nSPS) is 11.0. The molecule has 0 radical (unpaired) electrons. The molecule has 0 unspecified atom stereocenters. The second kappa shape index (κ2) is 10.1. The van der Waals surface area contributed by atoms with Crippen molar-refractivity contribution < 1.29 is 40.7 Å². The Morgan fingerprint density at radius 1 is 0.946 bits per heavy atom. The van der Waals surface area contributed by atoms with E-state index < -0.39 is 53.3 Å². The number of aromatic nitrogens is 4. The molecule has 1 aromatic carbocycles. The van der Waals surface area contributed by atoms with Crippen LogP contribution in [0.2, 0.25) is 0 Å². The molecule has 0 fully saturated rings. The van der Waals surface area contributed by atoms with Gasteiger partial charge in [-0.25, -0.2) is 13.2 Å². The maximum absolute atomic E-state index is 13.8. The largest absolute Gasteiger partial charge is 0.479 e. The highest BCUT2D eigenvalue weighted by Gasteiger charge is 2.27. The van der Waals surface area contributed by atoms with Crippen LogP contribution < -0.4 is 15.4 Å². The molecule has 15 heteroatoms. The quantitative estimate of drug-likeness (QED) is 0.208. The Morgan fingerprint density at radius 3 is 2.27 bits per heavy atom. The fourth-order valence-corrected chi connectivity index (χ4v) is 3.24. The average Bonchev–Trinajstić information content (AvgIpc) is 3.60. The lowest BCUT2D eigenvalue weighted by Crippen LogP contribution is -2.26. The summed E-state index contributed by atoms with van der Waals surface area (Å²) < 4.78 is 80.1. The van der Waals surface area contributed by atoms with Crippen LogP contribution in [0.15, 0.2) is 35.1 Å². The molecule has 4 aromatic rings. The number of hydrogen-bond acceptors (Lipinski definition) is 6. The SMILES string of the molecule is Cn1cc(CNC(=O)c2c(NC(=O)c3ccc(COc4c(F)c(F)c(F)c(F)c4F)o3)cnn2C)cn1. The fourth-order valence-electron chi connectivity index (χ4n) is 3.24. The van der Waals surface area contributed by atoms with Crippen LogP contribution in [0.5, 0.6) is 5.75 Å². The third kappa shape index (κ3) is 5.14. The predicted molar refractivity (Wildman–Crippen MR) is 115 cm³/mol. The summed E-state index contributed by atoms with van der Waals surface area (Å²) in [5.41, 5.74) is 0.852. The second-order valence-corrected chi connectivity index (χ2v) is 7.64. The highest BCUT2D eigenvalue weighted by Crippen LogP contribution is 2.30. The third-order valence-electron chi connectivity index (χ3n) is 5.03. The van der Waals surface area contributed by atoms with Crippen molar-refractivity contribution >= 4 is 17.5 Å². The molecule has 4 rings (SSSR count). The minimum Gasteiger partial charge on any atom is -0.479 e. The summed E-state index contributed by atoms with van der Waals surface area (Å²) in [6.07, 6.45) is 4.54. The van der Waals surface area contributed by atoms with Gasteiger partial charge in [0.05, 0.1) is 18.1 Å². The number of carbonyl (C=O) groups is 2. The van der Waals surface area contributed by atoms with Gasteiger partial charge in [0.2, 0.25) is 29.1 Å². The van der Waals surface area contributed by atoms with E-state index in [4.69, 9.17) is 9.15 Å². The van der Waals surface area contributed by atoms with Gasteiger partial charge in [0.25, 0.3) is 11.8 Å². The Hall–Kier alpha value is -4.69. The van der Waals surface area contributed by atoms with Gasteiger partial charge in [-0.1, -0.05) is 0 Å². The Kier molecular flexibility index (Phi) is 6.95. The number of amides is 2. The number of ether oxygens (including phenoxy) is 1. The van der Waals surface area contributed by atoms with Gasteiger partial charge < -0.3 is 19.8 Å². The van der Waals surface area contributed by atoms with Gasteiger partial charge >= 0.3 is 0 Å². The number of rotatable bonds is 8. The first-order chi connectivity index (χ1) is 17.6. The van der Waals surface area contributed by atoms with Gasteiger partial charge in [0.15, 0.2) is 11.5 Å². The summed E-state index contributed by atoms with van der Waals surface area (Å²) in [6.45, 7) is -0.573. The molecule has 37 heavy (non-hydrogen) atoms. The average molecular weight is 524 g/mol. The maximum atomic E-state index is 13.8. The second-order valence-electron chi connectivity index (χ2n) is 7.64. The van der Waals surface area contributed by atoms with E-state index in [1.807, 2.05) is 0 Å². The van der Waals surface area contributed by atoms with Crippen LogP contribution in [-0.2, 0) is 27.2 Å². The monoisotopic (exact) mass is 524 g/mol. The van der Waals surface area contributed by atoms with Crippen LogP contribution in [0.4, 0.5) is 27.6 Å². The van der Waals surface area contributed by atoms with E-state index in [0.717, 1.165) is 5.56 Å². The van der Waals surface area contributed by atoms with Crippen LogP contribution in [0.1, 0.15) is 32.4 Å². The molecule has 10 nitrogen and oxygen atoms in total. The van der Waals surface area contributed by atoms with Crippen molar-refractivity contribution in [3.05, 3.63) is 82.6 Å². The molecule has 0 aliphatic rings. The minimum absolute atomic E-state index is 0.0404. The fraction of sp³-hybridized carbons (Fsp3) is 0.182. The predicted octanol–water partition coefficient (Wildman–Crippen LogP) is 3.20. The highest BCUT2D eigenvalue weighted by atomic mass is 19.2. The molecule has 0 aliphatic carbocycles. The molecular formula is C22H17F5N6O4. The van der Waals surface area contributed by atoms with Crippen molar-refractivity contribution in [1.29, 1.82) is 0 Å². The zero-order valence-electron chi connectivity index (χ0n) is 19.1. The molecule has 0 bridgehead atoms. The van der Waals surface area contributed by atoms with Crippen LogP contribution in [0.3, 0.4) is 0 Å². The number of nitrogens with one attached hydrogen (secondary N) is 2. The molecule has 3 heterocycles. The number of carbonyl (C=O) groups excluding carboxylic acids is 2. The smallest absolute Gasteiger partial charge is 0.291 e.